The van der Waals surface area contributed by atoms with Gasteiger partial charge in [0.1, 0.15) is 5.04 Å². The van der Waals surface area contributed by atoms with E-state index in [1.165, 1.54) is 6.92 Å². The molecule has 0 spiro atoms. The second kappa shape index (κ2) is 3.59. The molecule has 0 saturated carbocycles. The van der Waals surface area contributed by atoms with Gasteiger partial charge in [-0.1, -0.05) is 0 Å². The molecule has 0 bridgehead atoms. The Morgan fingerprint density at radius 3 is 2.54 bits per heavy atom. The summed E-state index contributed by atoms with van der Waals surface area (Å²) in [5.41, 5.74) is 0.478. The van der Waals surface area contributed by atoms with Crippen LogP contribution in [0.1, 0.15) is 20.8 Å². The normalized spacial score (nSPS) is 20.3. The zero-order valence-corrected chi connectivity index (χ0v) is 8.76. The summed E-state index contributed by atoms with van der Waals surface area (Å²) >= 11 is 0. The monoisotopic (exact) mass is 203 g/mol. The lowest BCUT2D eigenvalue weighted by molar-refractivity contribution is 0.0970. The molecule has 1 aliphatic rings. The first kappa shape index (κ1) is 10.4. The highest BCUT2D eigenvalue weighted by Crippen LogP contribution is 2.14. The third kappa shape index (κ3) is 2.63. The minimum atomic E-state index is -3.21. The summed E-state index contributed by atoms with van der Waals surface area (Å²) in [5.74, 6) is 0. The Bertz CT molecular complexity index is 352. The molecule has 0 unspecified atom stereocenters. The molecule has 0 aromatic heterocycles. The fraction of sp³-hybridized carbons (Fsp3) is 0.625. The van der Waals surface area contributed by atoms with E-state index in [0.717, 1.165) is 5.41 Å². The second-order valence-electron chi connectivity index (χ2n) is 3.14. The van der Waals surface area contributed by atoms with Crippen LogP contribution in [0.15, 0.2) is 16.1 Å². The first-order chi connectivity index (χ1) is 5.92. The van der Waals surface area contributed by atoms with Gasteiger partial charge in [0.05, 0.1) is 23.8 Å². The second-order valence-corrected chi connectivity index (χ2v) is 5.06. The maximum atomic E-state index is 11.2. The number of rotatable bonds is 3. The van der Waals surface area contributed by atoms with Crippen LogP contribution in [0, 0.1) is 0 Å². The van der Waals surface area contributed by atoms with Gasteiger partial charge in [0, 0.05) is 0 Å². The van der Waals surface area contributed by atoms with E-state index >= 15 is 0 Å². The number of hydrogen-bond acceptors (Lipinski definition) is 4. The maximum absolute atomic E-state index is 11.2. The van der Waals surface area contributed by atoms with Crippen LogP contribution in [0.25, 0.3) is 0 Å². The lowest BCUT2D eigenvalue weighted by Crippen LogP contribution is -2.04. The Labute approximate surface area is 78.2 Å². The van der Waals surface area contributed by atoms with Gasteiger partial charge in [-0.15, -0.1) is 0 Å². The van der Waals surface area contributed by atoms with Crippen molar-refractivity contribution in [3.63, 3.8) is 0 Å². The van der Waals surface area contributed by atoms with Crippen molar-refractivity contribution in [1.82, 2.24) is 0 Å². The van der Waals surface area contributed by atoms with Crippen molar-refractivity contribution in [2.45, 2.75) is 26.9 Å². The molecule has 0 fully saturated rings. The molecule has 0 aromatic carbocycles. The molecule has 1 rings (SSSR count). The molecule has 0 aromatic rings. The number of ether oxygens (including phenoxy) is 1. The Hall–Kier alpha value is -0.680. The highest BCUT2D eigenvalue weighted by Gasteiger charge is 2.20. The summed E-state index contributed by atoms with van der Waals surface area (Å²) < 4.78 is 27.5. The SMILES string of the molecule is CC1=NC(COC(C)C)=CS1(=O)=O. The van der Waals surface area contributed by atoms with Crippen LogP contribution in [-0.2, 0) is 14.6 Å². The standard InChI is InChI=1S/C8H13NO3S/c1-6(2)12-4-8-5-13(10,11)7(3)9-8/h5-6H,4H2,1-3H3. The van der Waals surface area contributed by atoms with Crippen LogP contribution >= 0.6 is 0 Å². The summed E-state index contributed by atoms with van der Waals surface area (Å²) in [4.78, 5) is 3.88. The molecular formula is C8H13NO3S. The van der Waals surface area contributed by atoms with E-state index in [2.05, 4.69) is 4.99 Å². The first-order valence-electron chi connectivity index (χ1n) is 4.04. The van der Waals surface area contributed by atoms with Crippen LogP contribution < -0.4 is 0 Å². The van der Waals surface area contributed by atoms with Crippen LogP contribution in [0.5, 0.6) is 0 Å². The van der Waals surface area contributed by atoms with E-state index in [-0.39, 0.29) is 17.8 Å². The Kier molecular flexibility index (Phi) is 2.87. The van der Waals surface area contributed by atoms with Gasteiger partial charge in [0.25, 0.3) is 0 Å². The minimum Gasteiger partial charge on any atom is -0.372 e. The average Bonchev–Trinajstić information content (AvgIpc) is 2.22. The first-order valence-corrected chi connectivity index (χ1v) is 5.59. The number of sulfone groups is 1. The lowest BCUT2D eigenvalue weighted by Gasteiger charge is -2.04. The molecule has 0 radical (unpaired) electrons. The average molecular weight is 203 g/mol. The van der Waals surface area contributed by atoms with Gasteiger partial charge in [-0.25, -0.2) is 13.4 Å². The van der Waals surface area contributed by atoms with Crippen molar-refractivity contribution in [2.24, 2.45) is 4.99 Å². The van der Waals surface area contributed by atoms with Gasteiger partial charge >= 0.3 is 0 Å². The van der Waals surface area contributed by atoms with Crippen LogP contribution in [0.2, 0.25) is 0 Å². The van der Waals surface area contributed by atoms with E-state index in [1.807, 2.05) is 13.8 Å². The van der Waals surface area contributed by atoms with Gasteiger partial charge in [0.15, 0.2) is 0 Å². The van der Waals surface area contributed by atoms with Gasteiger partial charge in [0.2, 0.25) is 9.84 Å². The lowest BCUT2D eigenvalue weighted by atomic mass is 10.4. The van der Waals surface area contributed by atoms with Crippen LogP contribution in [0.4, 0.5) is 0 Å². The summed E-state index contributed by atoms with van der Waals surface area (Å²) in [6.45, 7) is 5.52. The predicted molar refractivity (Wildman–Crippen MR) is 51.2 cm³/mol. The molecule has 0 N–H and O–H groups in total. The molecule has 0 aliphatic carbocycles. The Morgan fingerprint density at radius 1 is 1.54 bits per heavy atom. The summed E-state index contributed by atoms with van der Waals surface area (Å²) in [6.07, 6.45) is 0.0831. The highest BCUT2D eigenvalue weighted by molar-refractivity contribution is 8.09. The fourth-order valence-corrected chi connectivity index (χ4v) is 1.77. The van der Waals surface area contributed by atoms with E-state index in [4.69, 9.17) is 4.74 Å². The third-order valence-electron chi connectivity index (χ3n) is 1.57. The van der Waals surface area contributed by atoms with Crippen LogP contribution in [-0.4, -0.2) is 26.2 Å². The van der Waals surface area contributed by atoms with E-state index in [1.54, 1.807) is 0 Å². The topological polar surface area (TPSA) is 55.7 Å². The third-order valence-corrected chi connectivity index (χ3v) is 3.07. The van der Waals surface area contributed by atoms with Crippen molar-refractivity contribution in [1.29, 1.82) is 0 Å². The number of nitrogens with zero attached hydrogens (tertiary/aromatic N) is 1. The molecule has 13 heavy (non-hydrogen) atoms. The minimum absolute atomic E-state index is 0.0831. The predicted octanol–water partition coefficient (Wildman–Crippen LogP) is 1.10. The van der Waals surface area contributed by atoms with Crippen molar-refractivity contribution in [3.8, 4) is 0 Å². The largest absolute Gasteiger partial charge is 0.372 e. The van der Waals surface area contributed by atoms with Crippen molar-refractivity contribution in [3.05, 3.63) is 11.1 Å². The molecule has 4 nitrogen and oxygen atoms in total. The van der Waals surface area contributed by atoms with Crippen LogP contribution in [0.3, 0.4) is 0 Å². The zero-order valence-electron chi connectivity index (χ0n) is 7.94. The molecule has 0 amide bonds. The molecule has 1 aliphatic heterocycles. The Balaban J connectivity index is 2.67. The highest BCUT2D eigenvalue weighted by atomic mass is 32.2. The zero-order chi connectivity index (χ0) is 10.1. The summed E-state index contributed by atoms with van der Waals surface area (Å²) in [7, 11) is -3.21. The quantitative estimate of drug-likeness (QED) is 0.690. The van der Waals surface area contributed by atoms with E-state index in [9.17, 15) is 8.42 Å². The van der Waals surface area contributed by atoms with E-state index in [0.29, 0.717) is 5.70 Å². The summed E-state index contributed by atoms with van der Waals surface area (Å²) in [5, 5.41) is 1.31. The molecule has 74 valence electrons. The van der Waals surface area contributed by atoms with Crippen molar-refractivity contribution < 1.29 is 13.2 Å². The maximum Gasteiger partial charge on any atom is 0.214 e. The van der Waals surface area contributed by atoms with E-state index < -0.39 is 9.84 Å². The fourth-order valence-electron chi connectivity index (χ4n) is 0.875. The molecule has 5 heteroatoms. The molecule has 0 saturated heterocycles. The molecule has 1 heterocycles. The van der Waals surface area contributed by atoms with Crippen molar-refractivity contribution >= 4 is 14.9 Å². The smallest absolute Gasteiger partial charge is 0.214 e. The molecule has 0 atom stereocenters. The number of aliphatic imine (C=N–C) groups is 1. The van der Waals surface area contributed by atoms with Gasteiger partial charge in [-0.05, 0) is 20.8 Å². The van der Waals surface area contributed by atoms with Gasteiger partial charge < -0.3 is 4.74 Å². The van der Waals surface area contributed by atoms with Gasteiger partial charge in [-0.3, -0.25) is 0 Å². The van der Waals surface area contributed by atoms with Crippen molar-refractivity contribution in [2.75, 3.05) is 6.61 Å². The Morgan fingerprint density at radius 2 is 2.15 bits per heavy atom. The van der Waals surface area contributed by atoms with Gasteiger partial charge in [-0.2, -0.15) is 0 Å². The molecular weight excluding hydrogens is 190 g/mol. The number of hydrogen-bond donors (Lipinski definition) is 0. The summed E-state index contributed by atoms with van der Waals surface area (Å²) in [6, 6.07) is 0.